The zero-order chi connectivity index (χ0) is 13.8. The number of carbonyl (C=O) groups is 1. The predicted octanol–water partition coefficient (Wildman–Crippen LogP) is 2.64. The smallest absolute Gasteiger partial charge is 0.323 e. The number of hydrogen-bond acceptors (Lipinski definition) is 3. The highest BCUT2D eigenvalue weighted by Crippen LogP contribution is 2.11. The molecule has 1 aromatic heterocycles. The molecule has 0 fully saturated rings. The molecule has 0 unspecified atom stereocenters. The third-order valence-electron chi connectivity index (χ3n) is 2.31. The summed E-state index contributed by atoms with van der Waals surface area (Å²) >= 11 is 3.38. The summed E-state index contributed by atoms with van der Waals surface area (Å²) in [5, 5.41) is 3.15. The summed E-state index contributed by atoms with van der Waals surface area (Å²) in [7, 11) is 0. The van der Waals surface area contributed by atoms with E-state index in [9.17, 15) is 4.79 Å². The molecule has 0 saturated carbocycles. The highest BCUT2D eigenvalue weighted by Gasteiger charge is 2.20. The standard InChI is InChI=1S/C13H21BrN2O2/c1-9(12(17)18-13(2,3)4)15-6-5-11-7-10(14)8-16-11/h7-9,15-16H,5-6H2,1-4H3/t9-/m1/s1. The fraction of sp³-hybridized carbons (Fsp3) is 0.615. The molecular weight excluding hydrogens is 296 g/mol. The molecule has 0 spiro atoms. The minimum Gasteiger partial charge on any atom is -0.459 e. The Morgan fingerprint density at radius 2 is 2.22 bits per heavy atom. The van der Waals surface area contributed by atoms with Crippen LogP contribution >= 0.6 is 15.9 Å². The van der Waals surface area contributed by atoms with Crippen molar-refractivity contribution in [1.82, 2.24) is 10.3 Å². The van der Waals surface area contributed by atoms with Crippen LogP contribution in [0, 0.1) is 0 Å². The van der Waals surface area contributed by atoms with Gasteiger partial charge in [0.25, 0.3) is 0 Å². The maximum Gasteiger partial charge on any atom is 0.323 e. The second-order valence-corrected chi connectivity index (χ2v) is 6.22. The first-order valence-electron chi connectivity index (χ1n) is 6.07. The third-order valence-corrected chi connectivity index (χ3v) is 2.77. The first kappa shape index (κ1) is 15.2. The Morgan fingerprint density at radius 1 is 1.56 bits per heavy atom. The first-order chi connectivity index (χ1) is 8.28. The van der Waals surface area contributed by atoms with Crippen molar-refractivity contribution in [3.8, 4) is 0 Å². The second-order valence-electron chi connectivity index (χ2n) is 5.30. The number of halogens is 1. The molecule has 18 heavy (non-hydrogen) atoms. The fourth-order valence-electron chi connectivity index (χ4n) is 1.45. The van der Waals surface area contributed by atoms with E-state index in [-0.39, 0.29) is 12.0 Å². The van der Waals surface area contributed by atoms with E-state index in [0.29, 0.717) is 0 Å². The Hall–Kier alpha value is -0.810. The van der Waals surface area contributed by atoms with Crippen LogP contribution in [0.1, 0.15) is 33.4 Å². The van der Waals surface area contributed by atoms with Gasteiger partial charge in [-0.1, -0.05) is 0 Å². The summed E-state index contributed by atoms with van der Waals surface area (Å²) in [5.41, 5.74) is 0.697. The van der Waals surface area contributed by atoms with E-state index in [2.05, 4.69) is 26.2 Å². The van der Waals surface area contributed by atoms with Gasteiger partial charge in [-0.05, 0) is 56.1 Å². The van der Waals surface area contributed by atoms with Gasteiger partial charge in [0.2, 0.25) is 0 Å². The Bertz CT molecular complexity index is 396. The Morgan fingerprint density at radius 3 is 2.72 bits per heavy atom. The molecule has 0 aliphatic carbocycles. The first-order valence-corrected chi connectivity index (χ1v) is 6.86. The molecule has 0 aliphatic rings. The van der Waals surface area contributed by atoms with Gasteiger partial charge in [-0.2, -0.15) is 0 Å². The van der Waals surface area contributed by atoms with E-state index in [0.717, 1.165) is 23.1 Å². The molecular formula is C13H21BrN2O2. The zero-order valence-electron chi connectivity index (χ0n) is 11.3. The topological polar surface area (TPSA) is 54.1 Å². The minimum atomic E-state index is -0.433. The monoisotopic (exact) mass is 316 g/mol. The van der Waals surface area contributed by atoms with Gasteiger partial charge in [0, 0.05) is 22.9 Å². The van der Waals surface area contributed by atoms with Gasteiger partial charge >= 0.3 is 5.97 Å². The summed E-state index contributed by atoms with van der Waals surface area (Å²) in [4.78, 5) is 14.8. The van der Waals surface area contributed by atoms with Crippen molar-refractivity contribution < 1.29 is 9.53 Å². The molecule has 0 aromatic carbocycles. The summed E-state index contributed by atoms with van der Waals surface area (Å²) in [6.07, 6.45) is 2.74. The van der Waals surface area contributed by atoms with Crippen LogP contribution < -0.4 is 5.32 Å². The number of esters is 1. The van der Waals surface area contributed by atoms with Gasteiger partial charge in [0.1, 0.15) is 11.6 Å². The molecule has 0 amide bonds. The van der Waals surface area contributed by atoms with Gasteiger partial charge in [-0.15, -0.1) is 0 Å². The molecule has 0 radical (unpaired) electrons. The van der Waals surface area contributed by atoms with E-state index in [1.54, 1.807) is 0 Å². The molecule has 1 heterocycles. The summed E-state index contributed by atoms with van der Waals surface area (Å²) < 4.78 is 6.33. The van der Waals surface area contributed by atoms with Crippen molar-refractivity contribution in [3.63, 3.8) is 0 Å². The minimum absolute atomic E-state index is 0.213. The Labute approximate surface area is 117 Å². The van der Waals surface area contributed by atoms with Crippen LogP contribution in [0.4, 0.5) is 0 Å². The molecule has 0 bridgehead atoms. The molecule has 5 heteroatoms. The number of rotatable bonds is 5. The number of carbonyl (C=O) groups excluding carboxylic acids is 1. The number of nitrogens with one attached hydrogen (secondary N) is 2. The van der Waals surface area contributed by atoms with Crippen molar-refractivity contribution in [2.24, 2.45) is 0 Å². The lowest BCUT2D eigenvalue weighted by Crippen LogP contribution is -2.40. The number of aromatic nitrogens is 1. The van der Waals surface area contributed by atoms with E-state index >= 15 is 0 Å². The lowest BCUT2D eigenvalue weighted by Gasteiger charge is -2.22. The van der Waals surface area contributed by atoms with Crippen LogP contribution in [0.2, 0.25) is 0 Å². The maximum absolute atomic E-state index is 11.7. The van der Waals surface area contributed by atoms with Gasteiger partial charge < -0.3 is 15.0 Å². The van der Waals surface area contributed by atoms with Crippen LogP contribution in [-0.4, -0.2) is 29.1 Å². The summed E-state index contributed by atoms with van der Waals surface area (Å²) in [5.74, 6) is -0.213. The molecule has 4 nitrogen and oxygen atoms in total. The van der Waals surface area contributed by atoms with Crippen LogP contribution in [0.15, 0.2) is 16.7 Å². The highest BCUT2D eigenvalue weighted by molar-refractivity contribution is 9.10. The molecule has 0 saturated heterocycles. The predicted molar refractivity (Wildman–Crippen MR) is 75.5 cm³/mol. The van der Waals surface area contributed by atoms with Gasteiger partial charge in [0.05, 0.1) is 0 Å². The van der Waals surface area contributed by atoms with Crippen LogP contribution in [0.5, 0.6) is 0 Å². The Balaban J connectivity index is 2.28. The largest absolute Gasteiger partial charge is 0.459 e. The van der Waals surface area contributed by atoms with Gasteiger partial charge in [-0.25, -0.2) is 0 Å². The number of H-pyrrole nitrogens is 1. The number of ether oxygens (including phenoxy) is 1. The molecule has 1 rings (SSSR count). The average molecular weight is 317 g/mol. The van der Waals surface area contributed by atoms with Gasteiger partial charge in [-0.3, -0.25) is 4.79 Å². The zero-order valence-corrected chi connectivity index (χ0v) is 12.9. The number of aromatic amines is 1. The van der Waals surface area contributed by atoms with Gasteiger partial charge in [0.15, 0.2) is 0 Å². The summed E-state index contributed by atoms with van der Waals surface area (Å²) in [6, 6.07) is 1.74. The van der Waals surface area contributed by atoms with E-state index < -0.39 is 5.60 Å². The molecule has 102 valence electrons. The van der Waals surface area contributed by atoms with Crippen molar-refractivity contribution in [2.75, 3.05) is 6.54 Å². The second kappa shape index (κ2) is 6.38. The van der Waals surface area contributed by atoms with Crippen molar-refractivity contribution in [1.29, 1.82) is 0 Å². The van der Waals surface area contributed by atoms with E-state index in [1.165, 1.54) is 0 Å². The lowest BCUT2D eigenvalue weighted by molar-refractivity contribution is -0.156. The fourth-order valence-corrected chi connectivity index (χ4v) is 1.84. The normalized spacial score (nSPS) is 13.4. The molecule has 1 atom stereocenters. The molecule has 0 aliphatic heterocycles. The van der Waals surface area contributed by atoms with Crippen molar-refractivity contribution in [2.45, 2.75) is 45.8 Å². The summed E-state index contributed by atoms with van der Waals surface area (Å²) in [6.45, 7) is 8.16. The maximum atomic E-state index is 11.7. The van der Waals surface area contributed by atoms with E-state index in [1.807, 2.05) is 40.0 Å². The SMILES string of the molecule is C[C@@H](NCCc1cc(Br)c[nH]1)C(=O)OC(C)(C)C. The van der Waals surface area contributed by atoms with Crippen molar-refractivity contribution in [3.05, 3.63) is 22.4 Å². The molecule has 2 N–H and O–H groups in total. The van der Waals surface area contributed by atoms with Crippen LogP contribution in [0.25, 0.3) is 0 Å². The van der Waals surface area contributed by atoms with E-state index in [4.69, 9.17) is 4.74 Å². The highest BCUT2D eigenvalue weighted by atomic mass is 79.9. The van der Waals surface area contributed by atoms with Crippen LogP contribution in [-0.2, 0) is 16.0 Å². The Kier molecular flexibility index (Phi) is 5.41. The lowest BCUT2D eigenvalue weighted by atomic mass is 10.2. The number of hydrogen-bond donors (Lipinski definition) is 2. The quantitative estimate of drug-likeness (QED) is 0.821. The van der Waals surface area contributed by atoms with Crippen LogP contribution in [0.3, 0.4) is 0 Å². The third kappa shape index (κ3) is 5.69. The average Bonchev–Trinajstić information content (AvgIpc) is 2.61. The van der Waals surface area contributed by atoms with Crippen molar-refractivity contribution >= 4 is 21.9 Å². The molecule has 1 aromatic rings.